The third-order valence-electron chi connectivity index (χ3n) is 3.56. The van der Waals surface area contributed by atoms with Crippen molar-refractivity contribution in [1.29, 1.82) is 0 Å². The standard InChI is InChI=1S/C14H23N5OS/c1-4-10-8-19(5-6-21-10)14(20)12-11(18-15)7-16-13(17-12)9(2)3/h7,9-10,18H,4-6,8,15H2,1-3H3. The molecular weight excluding hydrogens is 286 g/mol. The van der Waals surface area contributed by atoms with E-state index >= 15 is 0 Å². The molecule has 0 saturated carbocycles. The van der Waals surface area contributed by atoms with Crippen molar-refractivity contribution in [3.63, 3.8) is 0 Å². The van der Waals surface area contributed by atoms with Gasteiger partial charge in [0.15, 0.2) is 5.69 Å². The number of hydrogen-bond donors (Lipinski definition) is 2. The van der Waals surface area contributed by atoms with Crippen molar-refractivity contribution in [2.24, 2.45) is 5.84 Å². The third kappa shape index (κ3) is 3.65. The molecule has 0 bridgehead atoms. The molecule has 21 heavy (non-hydrogen) atoms. The Morgan fingerprint density at radius 2 is 2.38 bits per heavy atom. The van der Waals surface area contributed by atoms with Crippen LogP contribution >= 0.6 is 11.8 Å². The summed E-state index contributed by atoms with van der Waals surface area (Å²) in [6, 6.07) is 0. The van der Waals surface area contributed by atoms with E-state index in [2.05, 4.69) is 22.3 Å². The number of thioether (sulfide) groups is 1. The van der Waals surface area contributed by atoms with Gasteiger partial charge in [0.05, 0.1) is 11.9 Å². The Bertz CT molecular complexity index is 508. The second kappa shape index (κ2) is 7.09. The molecule has 116 valence electrons. The molecule has 0 aromatic carbocycles. The molecule has 1 aromatic rings. The average Bonchev–Trinajstić information content (AvgIpc) is 2.53. The van der Waals surface area contributed by atoms with Crippen molar-refractivity contribution < 1.29 is 4.79 Å². The molecule has 0 aliphatic carbocycles. The molecule has 3 N–H and O–H groups in total. The summed E-state index contributed by atoms with van der Waals surface area (Å²) in [4.78, 5) is 23.3. The topological polar surface area (TPSA) is 84.1 Å². The third-order valence-corrected chi connectivity index (χ3v) is 4.94. The summed E-state index contributed by atoms with van der Waals surface area (Å²) in [5, 5.41) is 0.503. The molecule has 1 saturated heterocycles. The number of rotatable bonds is 4. The summed E-state index contributed by atoms with van der Waals surface area (Å²) >= 11 is 1.93. The van der Waals surface area contributed by atoms with Gasteiger partial charge in [-0.1, -0.05) is 20.8 Å². The fraction of sp³-hybridized carbons (Fsp3) is 0.643. The van der Waals surface area contributed by atoms with Crippen molar-refractivity contribution in [2.45, 2.75) is 38.4 Å². The van der Waals surface area contributed by atoms with Gasteiger partial charge in [-0.3, -0.25) is 10.6 Å². The molecule has 1 aliphatic rings. The van der Waals surface area contributed by atoms with Crippen molar-refractivity contribution in [2.75, 3.05) is 24.3 Å². The summed E-state index contributed by atoms with van der Waals surface area (Å²) in [7, 11) is 0. The molecule has 1 atom stereocenters. The molecule has 2 rings (SSSR count). The van der Waals surface area contributed by atoms with Crippen LogP contribution in [0.2, 0.25) is 0 Å². The summed E-state index contributed by atoms with van der Waals surface area (Å²) in [5.41, 5.74) is 3.38. The van der Waals surface area contributed by atoms with E-state index in [0.717, 1.165) is 25.3 Å². The van der Waals surface area contributed by atoms with Crippen molar-refractivity contribution in [3.8, 4) is 0 Å². The Morgan fingerprint density at radius 1 is 1.62 bits per heavy atom. The smallest absolute Gasteiger partial charge is 0.274 e. The first kappa shape index (κ1) is 16.0. The fourth-order valence-corrected chi connectivity index (χ4v) is 3.42. The number of nitrogens with one attached hydrogen (secondary N) is 1. The zero-order chi connectivity index (χ0) is 15.4. The predicted octanol–water partition coefficient (Wildman–Crippen LogP) is 1.85. The number of amides is 1. The Balaban J connectivity index is 2.26. The van der Waals surface area contributed by atoms with Crippen LogP contribution in [-0.2, 0) is 0 Å². The number of hydrazine groups is 1. The van der Waals surface area contributed by atoms with Crippen molar-refractivity contribution >= 4 is 23.4 Å². The number of aromatic nitrogens is 2. The minimum absolute atomic E-state index is 0.0639. The van der Waals surface area contributed by atoms with Gasteiger partial charge in [0, 0.05) is 30.0 Å². The Hall–Kier alpha value is -1.34. The van der Waals surface area contributed by atoms with Crippen LogP contribution in [0.3, 0.4) is 0 Å². The first-order valence-corrected chi connectivity index (χ1v) is 8.36. The molecule has 2 heterocycles. The largest absolute Gasteiger partial charge is 0.335 e. The van der Waals surface area contributed by atoms with E-state index in [4.69, 9.17) is 5.84 Å². The van der Waals surface area contributed by atoms with Gasteiger partial charge in [-0.05, 0) is 6.42 Å². The van der Waals surface area contributed by atoms with E-state index in [1.54, 1.807) is 6.20 Å². The first-order valence-electron chi connectivity index (χ1n) is 7.31. The van der Waals surface area contributed by atoms with Crippen LogP contribution in [0.5, 0.6) is 0 Å². The maximum Gasteiger partial charge on any atom is 0.274 e. The van der Waals surface area contributed by atoms with Gasteiger partial charge in [0.1, 0.15) is 5.82 Å². The highest BCUT2D eigenvalue weighted by atomic mass is 32.2. The Labute approximate surface area is 129 Å². The van der Waals surface area contributed by atoms with Crippen molar-refractivity contribution in [3.05, 3.63) is 17.7 Å². The van der Waals surface area contributed by atoms with Gasteiger partial charge >= 0.3 is 0 Å². The van der Waals surface area contributed by atoms with Crippen LogP contribution in [0.25, 0.3) is 0 Å². The van der Waals surface area contributed by atoms with Gasteiger partial charge in [0.25, 0.3) is 5.91 Å². The van der Waals surface area contributed by atoms with E-state index < -0.39 is 0 Å². The molecular formula is C14H23N5OS. The average molecular weight is 309 g/mol. The zero-order valence-corrected chi connectivity index (χ0v) is 13.6. The van der Waals surface area contributed by atoms with Gasteiger partial charge in [-0.25, -0.2) is 9.97 Å². The predicted molar refractivity (Wildman–Crippen MR) is 86.4 cm³/mol. The Kier molecular flexibility index (Phi) is 5.41. The number of carbonyl (C=O) groups excluding carboxylic acids is 1. The summed E-state index contributed by atoms with van der Waals surface area (Å²) in [6.07, 6.45) is 2.66. The first-order chi connectivity index (χ1) is 10.1. The Morgan fingerprint density at radius 3 is 3.00 bits per heavy atom. The lowest BCUT2D eigenvalue weighted by molar-refractivity contribution is 0.0755. The lowest BCUT2D eigenvalue weighted by Crippen LogP contribution is -2.42. The SMILES string of the molecule is CCC1CN(C(=O)c2nc(C(C)C)ncc2NN)CCS1. The van der Waals surface area contributed by atoms with Gasteiger partial charge < -0.3 is 10.3 Å². The van der Waals surface area contributed by atoms with Gasteiger partial charge in [0.2, 0.25) is 0 Å². The number of carbonyl (C=O) groups is 1. The minimum Gasteiger partial charge on any atom is -0.335 e. The quantitative estimate of drug-likeness (QED) is 0.652. The maximum absolute atomic E-state index is 12.7. The molecule has 6 nitrogen and oxygen atoms in total. The normalized spacial score (nSPS) is 18.9. The van der Waals surface area contributed by atoms with Crippen LogP contribution in [0.15, 0.2) is 6.20 Å². The molecule has 1 unspecified atom stereocenters. The van der Waals surface area contributed by atoms with Gasteiger partial charge in [-0.15, -0.1) is 0 Å². The highest BCUT2D eigenvalue weighted by Gasteiger charge is 2.27. The highest BCUT2D eigenvalue weighted by Crippen LogP contribution is 2.24. The molecule has 7 heteroatoms. The van der Waals surface area contributed by atoms with Crippen LogP contribution in [-0.4, -0.2) is 44.9 Å². The zero-order valence-electron chi connectivity index (χ0n) is 12.8. The molecule has 0 spiro atoms. The van der Waals surface area contributed by atoms with Crippen LogP contribution in [0.4, 0.5) is 5.69 Å². The van der Waals surface area contributed by atoms with E-state index in [1.807, 2.05) is 30.5 Å². The second-order valence-electron chi connectivity index (χ2n) is 5.44. The highest BCUT2D eigenvalue weighted by molar-refractivity contribution is 8.00. The van der Waals surface area contributed by atoms with E-state index in [9.17, 15) is 4.79 Å². The molecule has 1 aromatic heterocycles. The van der Waals surface area contributed by atoms with Crippen LogP contribution in [0, 0.1) is 0 Å². The van der Waals surface area contributed by atoms with Crippen LogP contribution < -0.4 is 11.3 Å². The number of nitrogens with two attached hydrogens (primary N) is 1. The monoisotopic (exact) mass is 309 g/mol. The van der Waals surface area contributed by atoms with E-state index in [0.29, 0.717) is 22.5 Å². The summed E-state index contributed by atoms with van der Waals surface area (Å²) in [5.74, 6) is 7.23. The number of hydrogen-bond acceptors (Lipinski definition) is 6. The van der Waals surface area contributed by atoms with Gasteiger partial charge in [-0.2, -0.15) is 11.8 Å². The summed E-state index contributed by atoms with van der Waals surface area (Å²) in [6.45, 7) is 7.68. The lowest BCUT2D eigenvalue weighted by atomic mass is 10.2. The minimum atomic E-state index is -0.0639. The molecule has 0 radical (unpaired) electrons. The molecule has 1 fully saturated rings. The van der Waals surface area contributed by atoms with E-state index in [1.165, 1.54) is 0 Å². The molecule has 1 amide bonds. The summed E-state index contributed by atoms with van der Waals surface area (Å²) < 4.78 is 0. The second-order valence-corrected chi connectivity index (χ2v) is 6.85. The lowest BCUT2D eigenvalue weighted by Gasteiger charge is -2.32. The van der Waals surface area contributed by atoms with Crippen LogP contribution in [0.1, 0.15) is 49.4 Å². The maximum atomic E-state index is 12.7. The number of nitrogen functional groups attached to an aromatic ring is 1. The molecule has 1 aliphatic heterocycles. The number of nitrogens with zero attached hydrogens (tertiary/aromatic N) is 3. The fourth-order valence-electron chi connectivity index (χ4n) is 2.24. The van der Waals surface area contributed by atoms with Crippen molar-refractivity contribution in [1.82, 2.24) is 14.9 Å². The number of anilines is 1. The van der Waals surface area contributed by atoms with E-state index in [-0.39, 0.29) is 11.8 Å².